The molecule has 1 aromatic rings. The molecule has 4 aliphatic carbocycles. The van der Waals surface area contributed by atoms with Gasteiger partial charge < -0.3 is 9.47 Å². The van der Waals surface area contributed by atoms with Gasteiger partial charge in [-0.25, -0.2) is 0 Å². The van der Waals surface area contributed by atoms with Crippen LogP contribution in [-0.2, 0) is 19.1 Å². The van der Waals surface area contributed by atoms with E-state index >= 15 is 0 Å². The number of hydrogen-bond donors (Lipinski definition) is 0. The molecular formula is C29H32O4. The summed E-state index contributed by atoms with van der Waals surface area (Å²) in [6.07, 6.45) is 16.6. The fourth-order valence-electron chi connectivity index (χ4n) is 5.59. The standard InChI is InChI=1S/C29H32O4/c1-32-26(30)29(27(31)33-2)18-22-10-6-14-28(16-17-28)15-7-11-23(20-12-13-20)25(24(22)19-29)21-8-4-3-5-9-21/h3-9,11,14,20H,10,12-13,15-19H2,1-2H3/b11-7+,14-6-,25-23+. The van der Waals surface area contributed by atoms with Crippen molar-refractivity contribution in [1.82, 2.24) is 0 Å². The Morgan fingerprint density at radius 1 is 0.939 bits per heavy atom. The van der Waals surface area contributed by atoms with Gasteiger partial charge in [-0.15, -0.1) is 0 Å². The summed E-state index contributed by atoms with van der Waals surface area (Å²) in [5, 5.41) is 0. The Kier molecular flexibility index (Phi) is 5.64. The summed E-state index contributed by atoms with van der Waals surface area (Å²) in [6, 6.07) is 10.4. The van der Waals surface area contributed by atoms with E-state index in [1.165, 1.54) is 51.0 Å². The summed E-state index contributed by atoms with van der Waals surface area (Å²) in [5.41, 5.74) is 4.90. The largest absolute Gasteiger partial charge is 0.468 e. The van der Waals surface area contributed by atoms with E-state index in [9.17, 15) is 9.59 Å². The lowest BCUT2D eigenvalue weighted by Gasteiger charge is -2.24. The molecule has 33 heavy (non-hydrogen) atoms. The zero-order valence-electron chi connectivity index (χ0n) is 19.6. The molecule has 0 amide bonds. The van der Waals surface area contributed by atoms with Gasteiger partial charge in [-0.05, 0) is 78.6 Å². The number of carbonyl (C=O) groups is 2. The molecule has 0 heterocycles. The number of carbonyl (C=O) groups excluding carboxylic acids is 2. The van der Waals surface area contributed by atoms with Gasteiger partial charge in [-0.2, -0.15) is 0 Å². The summed E-state index contributed by atoms with van der Waals surface area (Å²) in [5.74, 6) is -0.486. The fourth-order valence-corrected chi connectivity index (χ4v) is 5.59. The van der Waals surface area contributed by atoms with Crippen LogP contribution < -0.4 is 0 Å². The minimum absolute atomic E-state index is 0.281. The van der Waals surface area contributed by atoms with Gasteiger partial charge >= 0.3 is 11.9 Å². The Morgan fingerprint density at radius 2 is 1.64 bits per heavy atom. The molecule has 5 rings (SSSR count). The van der Waals surface area contributed by atoms with Crippen molar-refractivity contribution in [3.05, 3.63) is 76.9 Å². The van der Waals surface area contributed by atoms with Gasteiger partial charge in [0.25, 0.3) is 0 Å². The first-order valence-corrected chi connectivity index (χ1v) is 12.0. The van der Waals surface area contributed by atoms with Gasteiger partial charge in [0.1, 0.15) is 0 Å². The van der Waals surface area contributed by atoms with Crippen molar-refractivity contribution in [2.24, 2.45) is 16.7 Å². The van der Waals surface area contributed by atoms with Crippen LogP contribution in [0.1, 0.15) is 56.9 Å². The Labute approximate surface area is 196 Å². The van der Waals surface area contributed by atoms with Gasteiger partial charge in [0.15, 0.2) is 5.41 Å². The van der Waals surface area contributed by atoms with Crippen LogP contribution in [0.2, 0.25) is 0 Å². The number of esters is 2. The van der Waals surface area contributed by atoms with Crippen molar-refractivity contribution < 1.29 is 19.1 Å². The molecule has 0 aliphatic heterocycles. The van der Waals surface area contributed by atoms with E-state index in [2.05, 4.69) is 48.6 Å². The molecule has 0 atom stereocenters. The van der Waals surface area contributed by atoms with Crippen molar-refractivity contribution in [2.75, 3.05) is 14.2 Å². The first-order chi connectivity index (χ1) is 16.0. The Bertz CT molecular complexity index is 1060. The number of rotatable bonds is 4. The van der Waals surface area contributed by atoms with Crippen LogP contribution in [0.15, 0.2) is 71.4 Å². The molecule has 2 fully saturated rings. The minimum atomic E-state index is -1.32. The number of hydrogen-bond acceptors (Lipinski definition) is 4. The van der Waals surface area contributed by atoms with E-state index in [-0.39, 0.29) is 5.41 Å². The molecule has 2 saturated carbocycles. The predicted octanol–water partition coefficient (Wildman–Crippen LogP) is 5.96. The fraction of sp³-hybridized carbons (Fsp3) is 0.448. The zero-order valence-corrected chi connectivity index (χ0v) is 19.6. The summed E-state index contributed by atoms with van der Waals surface area (Å²) < 4.78 is 10.3. The van der Waals surface area contributed by atoms with E-state index in [1.807, 2.05) is 6.07 Å². The molecule has 0 aromatic heterocycles. The average Bonchev–Trinajstić information content (AvgIpc) is 3.77. The van der Waals surface area contributed by atoms with E-state index < -0.39 is 17.4 Å². The van der Waals surface area contributed by atoms with Crippen LogP contribution in [0.25, 0.3) is 5.57 Å². The summed E-state index contributed by atoms with van der Waals surface area (Å²) >= 11 is 0. The van der Waals surface area contributed by atoms with Crippen molar-refractivity contribution >= 4 is 17.5 Å². The second-order valence-corrected chi connectivity index (χ2v) is 10.0. The van der Waals surface area contributed by atoms with Crippen molar-refractivity contribution in [3.63, 3.8) is 0 Å². The molecule has 0 saturated heterocycles. The first kappa shape index (κ1) is 21.9. The summed E-state index contributed by atoms with van der Waals surface area (Å²) in [7, 11) is 2.71. The summed E-state index contributed by atoms with van der Waals surface area (Å²) in [6.45, 7) is 0. The molecule has 172 valence electrons. The highest BCUT2D eigenvalue weighted by Gasteiger charge is 2.54. The Hall–Kier alpha value is -2.88. The topological polar surface area (TPSA) is 52.6 Å². The average molecular weight is 445 g/mol. The number of ether oxygens (including phenoxy) is 2. The van der Waals surface area contributed by atoms with Crippen molar-refractivity contribution in [3.8, 4) is 0 Å². The lowest BCUT2D eigenvalue weighted by Crippen LogP contribution is -2.39. The number of allylic oxidation sites excluding steroid dienone is 8. The maximum Gasteiger partial charge on any atom is 0.323 e. The molecule has 4 aliphatic rings. The van der Waals surface area contributed by atoms with Crippen LogP contribution in [0.3, 0.4) is 0 Å². The molecule has 4 heteroatoms. The monoisotopic (exact) mass is 444 g/mol. The Balaban J connectivity index is 1.70. The van der Waals surface area contributed by atoms with Crippen LogP contribution in [0, 0.1) is 16.7 Å². The van der Waals surface area contributed by atoms with Gasteiger partial charge in [0.2, 0.25) is 0 Å². The molecule has 0 N–H and O–H groups in total. The lowest BCUT2D eigenvalue weighted by molar-refractivity contribution is -0.168. The van der Waals surface area contributed by atoms with Gasteiger partial charge in [-0.3, -0.25) is 9.59 Å². The van der Waals surface area contributed by atoms with E-state index in [1.54, 1.807) is 0 Å². The smallest absolute Gasteiger partial charge is 0.323 e. The summed E-state index contributed by atoms with van der Waals surface area (Å²) in [4.78, 5) is 26.1. The predicted molar refractivity (Wildman–Crippen MR) is 128 cm³/mol. The maximum atomic E-state index is 13.0. The molecule has 4 nitrogen and oxygen atoms in total. The number of methoxy groups -OCH3 is 2. The first-order valence-electron chi connectivity index (χ1n) is 12.0. The SMILES string of the molecule is COC(=O)C1(C(=O)OC)CC2=C(C1)/C(c1ccccc1)=C(C1CC1)\C=C\CC1(/C=C\C2)CC1. The highest BCUT2D eigenvalue weighted by atomic mass is 16.5. The molecule has 0 radical (unpaired) electrons. The van der Waals surface area contributed by atoms with Crippen molar-refractivity contribution in [2.45, 2.75) is 51.4 Å². The normalized spacial score (nSPS) is 27.3. The van der Waals surface area contributed by atoms with Gasteiger partial charge in [0.05, 0.1) is 14.2 Å². The molecule has 0 bridgehead atoms. The van der Waals surface area contributed by atoms with Gasteiger partial charge in [-0.1, -0.05) is 60.2 Å². The quantitative estimate of drug-likeness (QED) is 0.327. The van der Waals surface area contributed by atoms with Crippen LogP contribution in [-0.4, -0.2) is 26.2 Å². The highest BCUT2D eigenvalue weighted by Crippen LogP contribution is 2.55. The van der Waals surface area contributed by atoms with Crippen molar-refractivity contribution in [1.29, 1.82) is 0 Å². The Morgan fingerprint density at radius 3 is 2.24 bits per heavy atom. The lowest BCUT2D eigenvalue weighted by atomic mass is 9.81. The maximum absolute atomic E-state index is 13.0. The van der Waals surface area contributed by atoms with E-state index in [4.69, 9.17) is 9.47 Å². The van der Waals surface area contributed by atoms with Crippen LogP contribution in [0.4, 0.5) is 0 Å². The highest BCUT2D eigenvalue weighted by molar-refractivity contribution is 6.03. The van der Waals surface area contributed by atoms with Crippen LogP contribution in [0.5, 0.6) is 0 Å². The van der Waals surface area contributed by atoms with E-state index in [0.717, 1.165) is 29.6 Å². The second kappa shape index (κ2) is 8.48. The third kappa shape index (κ3) is 4.01. The zero-order chi connectivity index (χ0) is 23.1. The molecule has 0 unspecified atom stereocenters. The minimum Gasteiger partial charge on any atom is -0.468 e. The van der Waals surface area contributed by atoms with E-state index in [0.29, 0.717) is 18.8 Å². The van der Waals surface area contributed by atoms with Crippen LogP contribution >= 0.6 is 0 Å². The third-order valence-corrected chi connectivity index (χ3v) is 7.79. The molecule has 1 aromatic carbocycles. The van der Waals surface area contributed by atoms with Gasteiger partial charge in [0, 0.05) is 6.42 Å². The second-order valence-electron chi connectivity index (χ2n) is 10.0. The number of benzene rings is 1. The molecular weight excluding hydrogens is 412 g/mol. The molecule has 1 spiro atoms. The third-order valence-electron chi connectivity index (χ3n) is 7.79.